The number of aryl methyl sites for hydroxylation is 1. The topological polar surface area (TPSA) is 47.0 Å². The third-order valence-electron chi connectivity index (χ3n) is 3.78. The van der Waals surface area contributed by atoms with E-state index in [2.05, 4.69) is 21.4 Å². The number of pyridine rings is 2. The summed E-state index contributed by atoms with van der Waals surface area (Å²) in [6.07, 6.45) is 6.93. The number of anilines is 1. The molecule has 0 unspecified atom stereocenters. The Morgan fingerprint density at radius 1 is 1.19 bits per heavy atom. The summed E-state index contributed by atoms with van der Waals surface area (Å²) in [4.78, 5) is 8.84. The fourth-order valence-electron chi connectivity index (χ4n) is 2.66. The van der Waals surface area contributed by atoms with Crippen LogP contribution in [0, 0.1) is 6.92 Å². The maximum absolute atomic E-state index is 6.05. The number of nitrogens with zero attached hydrogens (tertiary/aromatic N) is 2. The summed E-state index contributed by atoms with van der Waals surface area (Å²) in [5.74, 6) is 1.63. The molecule has 0 aromatic carbocycles. The smallest absolute Gasteiger partial charge is 0.218 e. The lowest BCUT2D eigenvalue weighted by molar-refractivity contribution is 0.199. The Hall–Kier alpha value is -2.10. The Labute approximate surface area is 125 Å². The van der Waals surface area contributed by atoms with Crippen LogP contribution in [0.1, 0.15) is 36.9 Å². The molecule has 1 aliphatic carbocycles. The van der Waals surface area contributed by atoms with E-state index < -0.39 is 0 Å². The van der Waals surface area contributed by atoms with Crippen molar-refractivity contribution in [2.24, 2.45) is 0 Å². The summed E-state index contributed by atoms with van der Waals surface area (Å²) >= 11 is 0. The number of nitrogens with one attached hydrogen (secondary N) is 1. The van der Waals surface area contributed by atoms with Gasteiger partial charge < -0.3 is 10.1 Å². The molecule has 2 heterocycles. The third kappa shape index (κ3) is 3.72. The van der Waals surface area contributed by atoms with E-state index in [-0.39, 0.29) is 0 Å². The highest BCUT2D eigenvalue weighted by Gasteiger charge is 2.18. The summed E-state index contributed by atoms with van der Waals surface area (Å²) in [6.45, 7) is 2.66. The fraction of sp³-hybridized carbons (Fsp3) is 0.412. The van der Waals surface area contributed by atoms with Crippen molar-refractivity contribution in [3.63, 3.8) is 0 Å². The molecule has 1 saturated carbocycles. The van der Waals surface area contributed by atoms with Gasteiger partial charge in [0.25, 0.3) is 0 Å². The molecule has 0 spiro atoms. The lowest BCUT2D eigenvalue weighted by Crippen LogP contribution is -2.14. The Bertz CT molecular complexity index is 594. The van der Waals surface area contributed by atoms with Crippen LogP contribution in [0.25, 0.3) is 0 Å². The standard InChI is InChI=1S/C17H21N3O/c1-13-6-4-10-16(20-13)19-12-14-7-5-11-18-17(14)21-15-8-2-3-9-15/h4-7,10-11,15H,2-3,8-9,12H2,1H3,(H,19,20). The van der Waals surface area contributed by atoms with Crippen LogP contribution in [0.15, 0.2) is 36.5 Å². The van der Waals surface area contributed by atoms with Crippen molar-refractivity contribution >= 4 is 5.82 Å². The highest BCUT2D eigenvalue weighted by molar-refractivity contribution is 5.38. The molecule has 0 bridgehead atoms. The average Bonchev–Trinajstić information content (AvgIpc) is 2.99. The van der Waals surface area contributed by atoms with E-state index in [1.165, 1.54) is 12.8 Å². The molecule has 3 rings (SSSR count). The largest absolute Gasteiger partial charge is 0.474 e. The lowest BCUT2D eigenvalue weighted by Gasteiger charge is -2.15. The SMILES string of the molecule is Cc1cccc(NCc2cccnc2OC2CCCC2)n1. The van der Waals surface area contributed by atoms with Gasteiger partial charge in [0.05, 0.1) is 0 Å². The third-order valence-corrected chi connectivity index (χ3v) is 3.78. The van der Waals surface area contributed by atoms with E-state index in [1.807, 2.05) is 31.2 Å². The molecule has 2 aromatic rings. The van der Waals surface area contributed by atoms with Crippen molar-refractivity contribution < 1.29 is 4.74 Å². The molecule has 4 nitrogen and oxygen atoms in total. The van der Waals surface area contributed by atoms with Crippen molar-refractivity contribution in [1.82, 2.24) is 9.97 Å². The zero-order valence-corrected chi connectivity index (χ0v) is 12.4. The first kappa shape index (κ1) is 13.9. The number of aromatic nitrogens is 2. The van der Waals surface area contributed by atoms with E-state index in [4.69, 9.17) is 4.74 Å². The molecule has 2 aromatic heterocycles. The second kappa shape index (κ2) is 6.57. The Morgan fingerprint density at radius 3 is 2.86 bits per heavy atom. The van der Waals surface area contributed by atoms with Gasteiger partial charge in [-0.1, -0.05) is 12.1 Å². The van der Waals surface area contributed by atoms with Gasteiger partial charge in [0.1, 0.15) is 11.9 Å². The summed E-state index contributed by atoms with van der Waals surface area (Å²) in [5.41, 5.74) is 2.08. The van der Waals surface area contributed by atoms with E-state index in [9.17, 15) is 0 Å². The van der Waals surface area contributed by atoms with Crippen LogP contribution in [0.5, 0.6) is 5.88 Å². The second-order valence-corrected chi connectivity index (χ2v) is 5.51. The van der Waals surface area contributed by atoms with Gasteiger partial charge in [0.2, 0.25) is 5.88 Å². The Morgan fingerprint density at radius 2 is 2.05 bits per heavy atom. The van der Waals surface area contributed by atoms with Crippen molar-refractivity contribution in [2.75, 3.05) is 5.32 Å². The zero-order chi connectivity index (χ0) is 14.5. The molecule has 0 saturated heterocycles. The van der Waals surface area contributed by atoms with E-state index in [0.717, 1.165) is 35.8 Å². The number of ether oxygens (including phenoxy) is 1. The van der Waals surface area contributed by atoms with Crippen LogP contribution in [-0.2, 0) is 6.54 Å². The van der Waals surface area contributed by atoms with Crippen LogP contribution in [0.4, 0.5) is 5.82 Å². The number of rotatable bonds is 5. The molecule has 0 amide bonds. The predicted molar refractivity (Wildman–Crippen MR) is 83.4 cm³/mol. The number of hydrogen-bond acceptors (Lipinski definition) is 4. The van der Waals surface area contributed by atoms with Crippen LogP contribution in [0.2, 0.25) is 0 Å². The molecule has 1 aliphatic rings. The van der Waals surface area contributed by atoms with Crippen LogP contribution >= 0.6 is 0 Å². The zero-order valence-electron chi connectivity index (χ0n) is 12.4. The van der Waals surface area contributed by atoms with Gasteiger partial charge in [-0.15, -0.1) is 0 Å². The molecule has 110 valence electrons. The van der Waals surface area contributed by atoms with Gasteiger partial charge in [-0.25, -0.2) is 9.97 Å². The van der Waals surface area contributed by atoms with Crippen molar-refractivity contribution in [3.8, 4) is 5.88 Å². The molecule has 0 atom stereocenters. The minimum absolute atomic E-state index is 0.329. The maximum Gasteiger partial charge on any atom is 0.218 e. The van der Waals surface area contributed by atoms with Gasteiger partial charge in [0.15, 0.2) is 0 Å². The normalized spacial score (nSPS) is 15.1. The first-order valence-electron chi connectivity index (χ1n) is 7.59. The summed E-state index contributed by atoms with van der Waals surface area (Å²) in [5, 5.41) is 3.34. The summed E-state index contributed by atoms with van der Waals surface area (Å²) < 4.78 is 6.05. The minimum Gasteiger partial charge on any atom is -0.474 e. The average molecular weight is 283 g/mol. The van der Waals surface area contributed by atoms with Gasteiger partial charge >= 0.3 is 0 Å². The first-order valence-corrected chi connectivity index (χ1v) is 7.59. The van der Waals surface area contributed by atoms with Gasteiger partial charge in [-0.05, 0) is 50.8 Å². The van der Waals surface area contributed by atoms with Gasteiger partial charge in [-0.3, -0.25) is 0 Å². The molecule has 4 heteroatoms. The molecule has 0 aliphatic heterocycles. The quantitative estimate of drug-likeness (QED) is 0.908. The lowest BCUT2D eigenvalue weighted by atomic mass is 10.2. The molecule has 0 radical (unpaired) electrons. The molecule has 1 N–H and O–H groups in total. The van der Waals surface area contributed by atoms with E-state index in [1.54, 1.807) is 6.20 Å². The van der Waals surface area contributed by atoms with Crippen LogP contribution in [-0.4, -0.2) is 16.1 Å². The highest BCUT2D eigenvalue weighted by atomic mass is 16.5. The Balaban J connectivity index is 1.67. The second-order valence-electron chi connectivity index (χ2n) is 5.51. The molecule has 21 heavy (non-hydrogen) atoms. The van der Waals surface area contributed by atoms with Crippen LogP contribution < -0.4 is 10.1 Å². The van der Waals surface area contributed by atoms with Crippen molar-refractivity contribution in [1.29, 1.82) is 0 Å². The summed E-state index contributed by atoms with van der Waals surface area (Å²) in [7, 11) is 0. The fourth-order valence-corrected chi connectivity index (χ4v) is 2.66. The van der Waals surface area contributed by atoms with E-state index >= 15 is 0 Å². The first-order chi connectivity index (χ1) is 10.3. The van der Waals surface area contributed by atoms with Crippen molar-refractivity contribution in [2.45, 2.75) is 45.3 Å². The van der Waals surface area contributed by atoms with E-state index in [0.29, 0.717) is 12.6 Å². The summed E-state index contributed by atoms with van der Waals surface area (Å²) in [6, 6.07) is 9.97. The molecule has 1 fully saturated rings. The van der Waals surface area contributed by atoms with Gasteiger partial charge in [-0.2, -0.15) is 0 Å². The van der Waals surface area contributed by atoms with Crippen LogP contribution in [0.3, 0.4) is 0 Å². The minimum atomic E-state index is 0.329. The highest BCUT2D eigenvalue weighted by Crippen LogP contribution is 2.25. The monoisotopic (exact) mass is 283 g/mol. The predicted octanol–water partition coefficient (Wildman–Crippen LogP) is 3.72. The molecular weight excluding hydrogens is 262 g/mol. The Kier molecular flexibility index (Phi) is 4.34. The number of hydrogen-bond donors (Lipinski definition) is 1. The maximum atomic E-state index is 6.05. The van der Waals surface area contributed by atoms with Gasteiger partial charge in [0, 0.05) is 24.0 Å². The molecular formula is C17H21N3O. The van der Waals surface area contributed by atoms with Crippen molar-refractivity contribution in [3.05, 3.63) is 47.8 Å².